The SMILES string of the molecule is CN[C@H]1CCCC[C@@H]1C(C)C.[HH]. The lowest BCUT2D eigenvalue weighted by molar-refractivity contribution is 0.214. The molecule has 0 aromatic carbocycles. The Morgan fingerprint density at radius 1 is 1.27 bits per heavy atom. The van der Waals surface area contributed by atoms with Crippen molar-refractivity contribution in [2.24, 2.45) is 11.8 Å². The van der Waals surface area contributed by atoms with Crippen LogP contribution in [0.5, 0.6) is 0 Å². The summed E-state index contributed by atoms with van der Waals surface area (Å²) in [5.41, 5.74) is 0. The fourth-order valence-electron chi connectivity index (χ4n) is 2.32. The summed E-state index contributed by atoms with van der Waals surface area (Å²) in [6.07, 6.45) is 5.69. The van der Waals surface area contributed by atoms with E-state index in [0.29, 0.717) is 0 Å². The summed E-state index contributed by atoms with van der Waals surface area (Å²) in [7, 11) is 2.10. The van der Waals surface area contributed by atoms with E-state index in [0.717, 1.165) is 17.9 Å². The van der Waals surface area contributed by atoms with Crippen LogP contribution in [0, 0.1) is 11.8 Å². The molecule has 0 aromatic heterocycles. The molecule has 1 N–H and O–H groups in total. The van der Waals surface area contributed by atoms with Gasteiger partial charge in [-0.15, -0.1) is 0 Å². The summed E-state index contributed by atoms with van der Waals surface area (Å²) in [6, 6.07) is 0.795. The fraction of sp³-hybridized carbons (Fsp3) is 1.00. The van der Waals surface area contributed by atoms with Gasteiger partial charge in [0, 0.05) is 7.47 Å². The Hall–Kier alpha value is -0.0400. The van der Waals surface area contributed by atoms with Crippen LogP contribution >= 0.6 is 0 Å². The molecule has 1 heteroatoms. The summed E-state index contributed by atoms with van der Waals surface area (Å²) < 4.78 is 0. The monoisotopic (exact) mass is 157 g/mol. The van der Waals surface area contributed by atoms with E-state index < -0.39 is 0 Å². The van der Waals surface area contributed by atoms with E-state index in [2.05, 4.69) is 26.2 Å². The second-order valence-corrected chi connectivity index (χ2v) is 4.09. The predicted octanol–water partition coefficient (Wildman–Crippen LogP) is 2.67. The molecular weight excluding hydrogens is 134 g/mol. The molecule has 0 aromatic rings. The van der Waals surface area contributed by atoms with E-state index in [1.807, 2.05) is 0 Å². The highest BCUT2D eigenvalue weighted by Gasteiger charge is 2.25. The van der Waals surface area contributed by atoms with Crippen molar-refractivity contribution in [3.63, 3.8) is 0 Å². The first-order valence-corrected chi connectivity index (χ1v) is 4.93. The maximum absolute atomic E-state index is 3.44. The zero-order valence-corrected chi connectivity index (χ0v) is 8.06. The molecule has 1 fully saturated rings. The molecule has 1 rings (SSSR count). The van der Waals surface area contributed by atoms with Crippen molar-refractivity contribution in [1.29, 1.82) is 0 Å². The molecule has 1 aliphatic rings. The van der Waals surface area contributed by atoms with Crippen LogP contribution in [-0.2, 0) is 0 Å². The first-order valence-electron chi connectivity index (χ1n) is 4.93. The summed E-state index contributed by atoms with van der Waals surface area (Å²) in [5.74, 6) is 1.78. The van der Waals surface area contributed by atoms with Crippen LogP contribution < -0.4 is 5.32 Å². The highest BCUT2D eigenvalue weighted by atomic mass is 14.9. The standard InChI is InChI=1S/C10H21N.H2/c1-8(2)9-6-4-5-7-10(9)11-3;/h8-11H,4-7H2,1-3H3;1H/t9-,10+;/m1./s1. The van der Waals surface area contributed by atoms with Gasteiger partial charge in [-0.25, -0.2) is 0 Å². The van der Waals surface area contributed by atoms with Crippen LogP contribution in [0.1, 0.15) is 41.0 Å². The second-order valence-electron chi connectivity index (χ2n) is 4.09. The molecule has 0 saturated heterocycles. The lowest BCUT2D eigenvalue weighted by Gasteiger charge is -2.34. The number of hydrogen-bond acceptors (Lipinski definition) is 1. The van der Waals surface area contributed by atoms with Gasteiger partial charge in [0.1, 0.15) is 0 Å². The Balaban J connectivity index is 0.00000121. The van der Waals surface area contributed by atoms with Crippen LogP contribution in [0.2, 0.25) is 0 Å². The second kappa shape index (κ2) is 4.10. The van der Waals surface area contributed by atoms with Gasteiger partial charge in [-0.3, -0.25) is 0 Å². The van der Waals surface area contributed by atoms with E-state index in [9.17, 15) is 0 Å². The molecular formula is C10H23N. The Labute approximate surface area is 72.1 Å². The first-order chi connectivity index (χ1) is 5.25. The molecule has 0 aliphatic heterocycles. The van der Waals surface area contributed by atoms with Gasteiger partial charge in [0.25, 0.3) is 0 Å². The molecule has 0 heterocycles. The Morgan fingerprint density at radius 3 is 2.36 bits per heavy atom. The third-order valence-corrected chi connectivity index (χ3v) is 3.05. The van der Waals surface area contributed by atoms with Crippen molar-refractivity contribution in [2.45, 2.75) is 45.6 Å². The summed E-state index contributed by atoms with van der Waals surface area (Å²) in [5, 5.41) is 3.44. The average Bonchev–Trinajstić information content (AvgIpc) is 2.04. The third kappa shape index (κ3) is 2.19. The van der Waals surface area contributed by atoms with Gasteiger partial charge in [0.05, 0.1) is 0 Å². The van der Waals surface area contributed by atoms with Crippen LogP contribution in [0.4, 0.5) is 0 Å². The molecule has 1 nitrogen and oxygen atoms in total. The predicted molar refractivity (Wildman–Crippen MR) is 51.8 cm³/mol. The Bertz CT molecular complexity index is 114. The van der Waals surface area contributed by atoms with E-state index in [1.54, 1.807) is 0 Å². The molecule has 1 saturated carbocycles. The van der Waals surface area contributed by atoms with Crippen LogP contribution in [0.15, 0.2) is 0 Å². The fourth-order valence-corrected chi connectivity index (χ4v) is 2.32. The number of rotatable bonds is 2. The van der Waals surface area contributed by atoms with Gasteiger partial charge >= 0.3 is 0 Å². The zero-order valence-electron chi connectivity index (χ0n) is 8.06. The lowest BCUT2D eigenvalue weighted by atomic mass is 9.78. The minimum atomic E-state index is 0. The number of nitrogens with one attached hydrogen (secondary N) is 1. The van der Waals surface area contributed by atoms with Gasteiger partial charge in [-0.1, -0.05) is 26.7 Å². The highest BCUT2D eigenvalue weighted by Crippen LogP contribution is 2.29. The maximum Gasteiger partial charge on any atom is 0.00947 e. The average molecular weight is 157 g/mol. The summed E-state index contributed by atoms with van der Waals surface area (Å²) >= 11 is 0. The molecule has 11 heavy (non-hydrogen) atoms. The highest BCUT2D eigenvalue weighted by molar-refractivity contribution is 4.81. The Kier molecular flexibility index (Phi) is 3.38. The largest absolute Gasteiger partial charge is 0.317 e. The van der Waals surface area contributed by atoms with Gasteiger partial charge in [0.2, 0.25) is 0 Å². The molecule has 2 atom stereocenters. The summed E-state index contributed by atoms with van der Waals surface area (Å²) in [6.45, 7) is 4.70. The van der Waals surface area contributed by atoms with E-state index >= 15 is 0 Å². The van der Waals surface area contributed by atoms with Gasteiger partial charge in [-0.05, 0) is 31.7 Å². The van der Waals surface area contributed by atoms with E-state index in [-0.39, 0.29) is 1.43 Å². The number of hydrogen-bond donors (Lipinski definition) is 1. The molecule has 0 amide bonds. The molecule has 0 unspecified atom stereocenters. The molecule has 1 aliphatic carbocycles. The van der Waals surface area contributed by atoms with Crippen LogP contribution in [0.25, 0.3) is 0 Å². The van der Waals surface area contributed by atoms with Crippen molar-refractivity contribution < 1.29 is 1.43 Å². The van der Waals surface area contributed by atoms with Crippen molar-refractivity contribution in [3.05, 3.63) is 0 Å². The third-order valence-electron chi connectivity index (χ3n) is 3.05. The van der Waals surface area contributed by atoms with Crippen molar-refractivity contribution in [1.82, 2.24) is 5.32 Å². The van der Waals surface area contributed by atoms with Crippen LogP contribution in [-0.4, -0.2) is 13.1 Å². The van der Waals surface area contributed by atoms with Crippen molar-refractivity contribution in [2.75, 3.05) is 7.05 Å². The van der Waals surface area contributed by atoms with Crippen LogP contribution in [0.3, 0.4) is 0 Å². The smallest absolute Gasteiger partial charge is 0.00947 e. The van der Waals surface area contributed by atoms with Crippen molar-refractivity contribution >= 4 is 0 Å². The molecule has 68 valence electrons. The molecule has 0 radical (unpaired) electrons. The lowest BCUT2D eigenvalue weighted by Crippen LogP contribution is -2.38. The van der Waals surface area contributed by atoms with Gasteiger partial charge in [0.15, 0.2) is 0 Å². The normalized spacial score (nSPS) is 32.7. The summed E-state index contributed by atoms with van der Waals surface area (Å²) in [4.78, 5) is 0. The van der Waals surface area contributed by atoms with E-state index in [4.69, 9.17) is 0 Å². The Morgan fingerprint density at radius 2 is 1.91 bits per heavy atom. The quantitative estimate of drug-likeness (QED) is 0.650. The molecule has 0 spiro atoms. The molecule has 0 bridgehead atoms. The maximum atomic E-state index is 3.44. The zero-order chi connectivity index (χ0) is 8.27. The minimum Gasteiger partial charge on any atom is -0.317 e. The van der Waals surface area contributed by atoms with Crippen molar-refractivity contribution in [3.8, 4) is 0 Å². The minimum absolute atomic E-state index is 0. The first kappa shape index (κ1) is 9.05. The van der Waals surface area contributed by atoms with Gasteiger partial charge in [-0.2, -0.15) is 0 Å². The van der Waals surface area contributed by atoms with Gasteiger partial charge < -0.3 is 5.32 Å². The topological polar surface area (TPSA) is 12.0 Å². The van der Waals surface area contributed by atoms with E-state index in [1.165, 1.54) is 25.7 Å².